The van der Waals surface area contributed by atoms with Crippen molar-refractivity contribution in [3.63, 3.8) is 0 Å². The zero-order valence-electron chi connectivity index (χ0n) is 12.5. The molecular weight excluding hydrogens is 270 g/mol. The van der Waals surface area contributed by atoms with Gasteiger partial charge >= 0.3 is 0 Å². The maximum atomic E-state index is 12.4. The summed E-state index contributed by atoms with van der Waals surface area (Å²) in [7, 11) is 0. The summed E-state index contributed by atoms with van der Waals surface area (Å²) in [5.74, 6) is 1.83. The van der Waals surface area contributed by atoms with Gasteiger partial charge in [0.25, 0.3) is 0 Å². The molecule has 2 aliphatic heterocycles. The quantitative estimate of drug-likeness (QED) is 0.833. The van der Waals surface area contributed by atoms with Crippen LogP contribution in [0, 0.1) is 6.92 Å². The van der Waals surface area contributed by atoms with Crippen LogP contribution >= 0.6 is 0 Å². The highest BCUT2D eigenvalue weighted by atomic mass is 16.2. The van der Waals surface area contributed by atoms with E-state index in [0.717, 1.165) is 37.3 Å². The summed E-state index contributed by atoms with van der Waals surface area (Å²) >= 11 is 0. The zero-order valence-corrected chi connectivity index (χ0v) is 12.5. The molecule has 21 heavy (non-hydrogen) atoms. The highest BCUT2D eigenvalue weighted by Gasteiger charge is 2.34. The normalized spacial score (nSPS) is 24.8. The number of nitrogens with zero attached hydrogens (tertiary/aromatic N) is 4. The van der Waals surface area contributed by atoms with E-state index in [-0.39, 0.29) is 23.9 Å². The van der Waals surface area contributed by atoms with Crippen molar-refractivity contribution >= 4 is 11.8 Å². The molecule has 1 saturated heterocycles. The molecule has 2 atom stereocenters. The molecule has 7 nitrogen and oxygen atoms in total. The van der Waals surface area contributed by atoms with E-state index < -0.39 is 0 Å². The fourth-order valence-electron chi connectivity index (χ4n) is 3.29. The van der Waals surface area contributed by atoms with Gasteiger partial charge in [0, 0.05) is 32.5 Å². The van der Waals surface area contributed by atoms with Gasteiger partial charge in [0.15, 0.2) is 0 Å². The van der Waals surface area contributed by atoms with Gasteiger partial charge in [0.1, 0.15) is 17.7 Å². The maximum absolute atomic E-state index is 12.4. The van der Waals surface area contributed by atoms with Gasteiger partial charge in [-0.3, -0.25) is 9.59 Å². The minimum absolute atomic E-state index is 0.0202. The molecule has 0 spiro atoms. The van der Waals surface area contributed by atoms with Crippen LogP contribution in [0.25, 0.3) is 0 Å². The van der Waals surface area contributed by atoms with Gasteiger partial charge in [-0.25, -0.2) is 0 Å². The van der Waals surface area contributed by atoms with Crippen LogP contribution in [0.2, 0.25) is 0 Å². The molecule has 2 amide bonds. The van der Waals surface area contributed by atoms with Gasteiger partial charge in [-0.2, -0.15) is 0 Å². The first-order valence-electron chi connectivity index (χ1n) is 7.52. The van der Waals surface area contributed by atoms with Crippen LogP contribution in [0.5, 0.6) is 0 Å². The summed E-state index contributed by atoms with van der Waals surface area (Å²) in [5, 5.41) is 11.3. The Balaban J connectivity index is 1.64. The lowest BCUT2D eigenvalue weighted by atomic mass is 10.1. The Kier molecular flexibility index (Phi) is 3.65. The third-order valence-corrected chi connectivity index (χ3v) is 4.44. The molecule has 1 aromatic heterocycles. The van der Waals surface area contributed by atoms with Crippen LogP contribution < -0.4 is 5.32 Å². The van der Waals surface area contributed by atoms with Crippen LogP contribution in [0.3, 0.4) is 0 Å². The minimum atomic E-state index is -0.300. The Hall–Kier alpha value is -1.92. The highest BCUT2D eigenvalue weighted by Crippen LogP contribution is 2.19. The van der Waals surface area contributed by atoms with E-state index in [1.165, 1.54) is 6.92 Å². The molecular formula is C14H21N5O2. The molecule has 3 heterocycles. The molecule has 1 N–H and O–H groups in total. The third-order valence-electron chi connectivity index (χ3n) is 4.44. The fourth-order valence-corrected chi connectivity index (χ4v) is 3.29. The molecule has 0 aliphatic carbocycles. The lowest BCUT2D eigenvalue weighted by Gasteiger charge is -2.28. The predicted octanol–water partition coefficient (Wildman–Crippen LogP) is 0.0284. The number of aryl methyl sites for hydroxylation is 2. The molecule has 0 saturated carbocycles. The molecule has 114 valence electrons. The van der Waals surface area contributed by atoms with E-state index >= 15 is 0 Å². The van der Waals surface area contributed by atoms with Crippen LogP contribution in [-0.2, 0) is 22.6 Å². The summed E-state index contributed by atoms with van der Waals surface area (Å²) in [6.45, 7) is 4.85. The van der Waals surface area contributed by atoms with Crippen molar-refractivity contribution in [2.24, 2.45) is 0 Å². The van der Waals surface area contributed by atoms with Gasteiger partial charge in [-0.15, -0.1) is 10.2 Å². The van der Waals surface area contributed by atoms with Crippen LogP contribution in [-0.4, -0.2) is 50.1 Å². The summed E-state index contributed by atoms with van der Waals surface area (Å²) in [5.41, 5.74) is 0. The molecule has 0 unspecified atom stereocenters. The van der Waals surface area contributed by atoms with E-state index in [4.69, 9.17) is 0 Å². The number of hydrogen-bond acceptors (Lipinski definition) is 4. The van der Waals surface area contributed by atoms with Crippen molar-refractivity contribution in [3.05, 3.63) is 11.6 Å². The standard InChI is InChI=1S/C14H21N5O2/c1-9-16-17-13-6-5-11(8-19(9)13)15-14(21)12-4-3-7-18(12)10(2)20/h11-12H,3-8H2,1-2H3,(H,15,21)/t11-,12+/m1/s1. The molecule has 1 aromatic rings. The second kappa shape index (κ2) is 5.46. The largest absolute Gasteiger partial charge is 0.350 e. The maximum Gasteiger partial charge on any atom is 0.243 e. The SMILES string of the molecule is CC(=O)N1CCC[C@H]1C(=O)N[C@@H]1CCc2nnc(C)n2C1. The number of nitrogens with one attached hydrogen (secondary N) is 1. The van der Waals surface area contributed by atoms with Gasteiger partial charge in [-0.1, -0.05) is 0 Å². The van der Waals surface area contributed by atoms with Crippen molar-refractivity contribution in [1.82, 2.24) is 25.0 Å². The van der Waals surface area contributed by atoms with E-state index in [9.17, 15) is 9.59 Å². The van der Waals surface area contributed by atoms with Crippen molar-refractivity contribution < 1.29 is 9.59 Å². The number of rotatable bonds is 2. The minimum Gasteiger partial charge on any atom is -0.350 e. The number of fused-ring (bicyclic) bond motifs is 1. The average molecular weight is 291 g/mol. The summed E-state index contributed by atoms with van der Waals surface area (Å²) in [6.07, 6.45) is 3.36. The lowest BCUT2D eigenvalue weighted by Crippen LogP contribution is -2.50. The number of carbonyl (C=O) groups is 2. The second-order valence-electron chi connectivity index (χ2n) is 5.89. The number of hydrogen-bond donors (Lipinski definition) is 1. The Labute approximate surface area is 123 Å². The zero-order chi connectivity index (χ0) is 15.0. The Morgan fingerprint density at radius 2 is 2.10 bits per heavy atom. The smallest absolute Gasteiger partial charge is 0.243 e. The molecule has 2 aliphatic rings. The van der Waals surface area contributed by atoms with Crippen molar-refractivity contribution in [3.8, 4) is 0 Å². The molecule has 1 fully saturated rings. The van der Waals surface area contributed by atoms with Crippen LogP contribution in [0.1, 0.15) is 37.8 Å². The van der Waals surface area contributed by atoms with Crippen LogP contribution in [0.4, 0.5) is 0 Å². The Morgan fingerprint density at radius 3 is 2.86 bits per heavy atom. The Morgan fingerprint density at radius 1 is 1.29 bits per heavy atom. The first-order chi connectivity index (χ1) is 10.1. The van der Waals surface area contributed by atoms with Gasteiger partial charge in [-0.05, 0) is 26.2 Å². The summed E-state index contributed by atoms with van der Waals surface area (Å²) in [4.78, 5) is 25.6. The first-order valence-corrected chi connectivity index (χ1v) is 7.52. The topological polar surface area (TPSA) is 80.1 Å². The Bertz CT molecular complexity index is 568. The van der Waals surface area contributed by atoms with Gasteiger partial charge in [0.2, 0.25) is 11.8 Å². The number of aromatic nitrogens is 3. The predicted molar refractivity (Wildman–Crippen MR) is 75.4 cm³/mol. The highest BCUT2D eigenvalue weighted by molar-refractivity contribution is 5.87. The van der Waals surface area contributed by atoms with Crippen LogP contribution in [0.15, 0.2) is 0 Å². The molecule has 0 radical (unpaired) electrons. The van der Waals surface area contributed by atoms with Crippen molar-refractivity contribution in [1.29, 1.82) is 0 Å². The van der Waals surface area contributed by atoms with E-state index in [1.807, 2.05) is 6.92 Å². The summed E-state index contributed by atoms with van der Waals surface area (Å²) in [6, 6.07) is -0.208. The van der Waals surface area contributed by atoms with E-state index in [2.05, 4.69) is 20.1 Å². The van der Waals surface area contributed by atoms with Crippen molar-refractivity contribution in [2.45, 2.75) is 58.2 Å². The third kappa shape index (κ3) is 2.64. The first kappa shape index (κ1) is 14.0. The van der Waals surface area contributed by atoms with E-state index in [1.54, 1.807) is 4.90 Å². The molecule has 3 rings (SSSR count). The summed E-state index contributed by atoms with van der Waals surface area (Å²) < 4.78 is 2.06. The number of carbonyl (C=O) groups excluding carboxylic acids is 2. The molecule has 0 aromatic carbocycles. The van der Waals surface area contributed by atoms with E-state index in [0.29, 0.717) is 13.1 Å². The van der Waals surface area contributed by atoms with Gasteiger partial charge in [0.05, 0.1) is 0 Å². The molecule has 0 bridgehead atoms. The fraction of sp³-hybridized carbons (Fsp3) is 0.714. The lowest BCUT2D eigenvalue weighted by molar-refractivity contribution is -0.137. The van der Waals surface area contributed by atoms with Crippen molar-refractivity contribution in [2.75, 3.05) is 6.54 Å². The monoisotopic (exact) mass is 291 g/mol. The van der Waals surface area contributed by atoms with Gasteiger partial charge < -0.3 is 14.8 Å². The average Bonchev–Trinajstić information content (AvgIpc) is 3.06. The molecule has 7 heteroatoms. The number of likely N-dealkylation sites (tertiary alicyclic amines) is 1. The number of amides is 2. The second-order valence-corrected chi connectivity index (χ2v) is 5.89.